The molecule has 2 aromatic heterocycles. The van der Waals surface area contributed by atoms with Crippen LogP contribution in [0.25, 0.3) is 21.9 Å². The lowest BCUT2D eigenvalue weighted by molar-refractivity contribution is -0.201. The number of piperidine rings is 2. The van der Waals surface area contributed by atoms with Crippen molar-refractivity contribution in [2.45, 2.75) is 52.4 Å². The van der Waals surface area contributed by atoms with Gasteiger partial charge in [-0.2, -0.15) is 0 Å². The quantitative estimate of drug-likeness (QED) is 0.212. The summed E-state index contributed by atoms with van der Waals surface area (Å²) in [6.07, 6.45) is 6.47. The third kappa shape index (κ3) is 6.01. The van der Waals surface area contributed by atoms with E-state index in [-0.39, 0.29) is 34.3 Å². The minimum absolute atomic E-state index is 0.00765. The fourth-order valence-electron chi connectivity index (χ4n) is 7.04. The second-order valence-electron chi connectivity index (χ2n) is 13.2. The molecule has 0 amide bonds. The van der Waals surface area contributed by atoms with Crippen LogP contribution in [0.3, 0.4) is 0 Å². The van der Waals surface area contributed by atoms with Crippen molar-refractivity contribution in [3.63, 3.8) is 0 Å². The Bertz CT molecular complexity index is 1610. The van der Waals surface area contributed by atoms with E-state index in [1.54, 1.807) is 34.8 Å². The normalized spacial score (nSPS) is 22.5. The topological polar surface area (TPSA) is 85.4 Å². The van der Waals surface area contributed by atoms with Crippen LogP contribution in [0.15, 0.2) is 69.9 Å². The van der Waals surface area contributed by atoms with Crippen molar-refractivity contribution in [2.75, 3.05) is 26.2 Å². The summed E-state index contributed by atoms with van der Waals surface area (Å²) in [6.45, 7) is 9.89. The van der Waals surface area contributed by atoms with E-state index in [1.165, 1.54) is 24.3 Å². The molecule has 2 unspecified atom stereocenters. The molecule has 10 heteroatoms. The molecule has 0 saturated carbocycles. The second-order valence-corrected chi connectivity index (χ2v) is 13.2. The van der Waals surface area contributed by atoms with Crippen LogP contribution in [0.2, 0.25) is 0 Å². The van der Waals surface area contributed by atoms with Gasteiger partial charge >= 0.3 is 11.9 Å². The molecule has 4 aromatic rings. The molecule has 6 rings (SSSR count). The minimum Gasteiger partial charge on any atom is -0.464 e. The minimum atomic E-state index is -0.692. The molecule has 0 N–H and O–H groups in total. The second kappa shape index (κ2) is 11.5. The molecule has 44 heavy (non-hydrogen) atoms. The zero-order valence-electron chi connectivity index (χ0n) is 25.3. The van der Waals surface area contributed by atoms with Crippen LogP contribution < -0.4 is 0 Å². The first kappa shape index (κ1) is 30.0. The van der Waals surface area contributed by atoms with Crippen molar-refractivity contribution < 1.29 is 36.9 Å². The van der Waals surface area contributed by atoms with E-state index in [1.807, 2.05) is 27.7 Å². The molecule has 0 spiro atoms. The molecule has 2 aliphatic heterocycles. The van der Waals surface area contributed by atoms with Gasteiger partial charge in [0, 0.05) is 60.2 Å². The lowest BCUT2D eigenvalue weighted by Gasteiger charge is -2.43. The highest BCUT2D eigenvalue weighted by atomic mass is 19.1. The molecule has 2 atom stereocenters. The number of halogens is 2. The summed E-state index contributed by atoms with van der Waals surface area (Å²) >= 11 is 0. The van der Waals surface area contributed by atoms with Crippen LogP contribution in [0.5, 0.6) is 0 Å². The van der Waals surface area contributed by atoms with Crippen LogP contribution in [0.4, 0.5) is 8.78 Å². The fraction of sp³-hybridized carbons (Fsp3) is 0.412. The highest BCUT2D eigenvalue weighted by molar-refractivity contribution is 5.91. The number of hydrogen-bond donors (Lipinski definition) is 0. The molecule has 2 aliphatic rings. The van der Waals surface area contributed by atoms with Crippen molar-refractivity contribution in [3.8, 4) is 0 Å². The molecule has 232 valence electrons. The monoisotopic (exact) mass is 606 g/mol. The Morgan fingerprint density at radius 1 is 0.750 bits per heavy atom. The molecular formula is C34H36F2N2O6. The number of carbonyl (C=O) groups is 2. The number of fused-ring (bicyclic) bond motifs is 2. The summed E-state index contributed by atoms with van der Waals surface area (Å²) in [5.74, 6) is -2.03. The van der Waals surface area contributed by atoms with Crippen LogP contribution in [0.1, 0.15) is 63.5 Å². The van der Waals surface area contributed by atoms with Gasteiger partial charge in [0.1, 0.15) is 22.8 Å². The molecule has 0 radical (unpaired) electrons. The van der Waals surface area contributed by atoms with Gasteiger partial charge in [0.2, 0.25) is 0 Å². The molecule has 2 aromatic carbocycles. The Hall–Kier alpha value is -4.02. The van der Waals surface area contributed by atoms with Gasteiger partial charge in [-0.05, 0) is 71.9 Å². The Balaban J connectivity index is 1.02. The first-order chi connectivity index (χ1) is 20.9. The Kier molecular flexibility index (Phi) is 7.83. The van der Waals surface area contributed by atoms with Crippen molar-refractivity contribution >= 4 is 33.9 Å². The summed E-state index contributed by atoms with van der Waals surface area (Å²) in [5, 5.41) is 4.58. The van der Waals surface area contributed by atoms with Gasteiger partial charge < -0.3 is 18.5 Å². The Morgan fingerprint density at radius 2 is 1.16 bits per heavy atom. The molecule has 4 heterocycles. The average molecular weight is 607 g/mol. The molecule has 2 fully saturated rings. The van der Waals surface area contributed by atoms with Crippen molar-refractivity contribution in [1.29, 1.82) is 0 Å². The predicted octanol–water partition coefficient (Wildman–Crippen LogP) is 7.26. The highest BCUT2D eigenvalue weighted by Gasteiger charge is 2.41. The zero-order chi connectivity index (χ0) is 31.2. The van der Waals surface area contributed by atoms with E-state index in [2.05, 4.69) is 0 Å². The van der Waals surface area contributed by atoms with E-state index >= 15 is 0 Å². The molecule has 2 saturated heterocycles. The first-order valence-corrected chi connectivity index (χ1v) is 14.8. The molecule has 8 nitrogen and oxygen atoms in total. The van der Waals surface area contributed by atoms with E-state index in [0.717, 1.165) is 34.1 Å². The maximum Gasteiger partial charge on any atom is 0.349 e. The van der Waals surface area contributed by atoms with Gasteiger partial charge in [0.25, 0.3) is 0 Å². The van der Waals surface area contributed by atoms with Crippen molar-refractivity contribution in [3.05, 3.63) is 83.8 Å². The highest BCUT2D eigenvalue weighted by Crippen LogP contribution is 2.46. The molecule has 0 aliphatic carbocycles. The lowest BCUT2D eigenvalue weighted by atomic mass is 9.70. The third-order valence-electron chi connectivity index (χ3n) is 9.02. The first-order valence-electron chi connectivity index (χ1n) is 14.8. The lowest BCUT2D eigenvalue weighted by Crippen LogP contribution is -2.45. The van der Waals surface area contributed by atoms with Crippen molar-refractivity contribution in [2.24, 2.45) is 10.8 Å². The van der Waals surface area contributed by atoms with Crippen LogP contribution in [-0.2, 0) is 19.3 Å². The van der Waals surface area contributed by atoms with Gasteiger partial charge in [-0.25, -0.2) is 18.4 Å². The largest absolute Gasteiger partial charge is 0.464 e. The number of hydrogen-bond acceptors (Lipinski definition) is 8. The predicted molar refractivity (Wildman–Crippen MR) is 159 cm³/mol. The van der Waals surface area contributed by atoms with Gasteiger partial charge in [0.05, 0.1) is 12.5 Å². The maximum atomic E-state index is 14.3. The number of nitrogens with zero attached hydrogens (tertiary/aromatic N) is 2. The van der Waals surface area contributed by atoms with Gasteiger partial charge in [-0.3, -0.25) is 0 Å². The SMILES string of the molecule is CC1(C)CN(OC(=O)/C=C/C(=O)ON2CCC(c3cc(F)cc4ccoc34)C(C)(C)C2)CCC1c1cc(F)cc2ccoc12. The van der Waals surface area contributed by atoms with Gasteiger partial charge in [0.15, 0.2) is 0 Å². The standard InChI is InChI=1S/C34H36F2N2O6/c1-33(2)19-37(11-7-27(33)25-17-23(35)15-21-9-13-41-31(21)25)43-29(39)5-6-30(40)44-38-12-8-28(34(3,4)20-38)26-18-24(36)16-22-10-14-42-32(22)26/h5-6,9-10,13-18,27-28H,7-8,11-12,19-20H2,1-4H3/b6-5+. The van der Waals surface area contributed by atoms with E-state index in [4.69, 9.17) is 18.5 Å². The van der Waals surface area contributed by atoms with Crippen LogP contribution >= 0.6 is 0 Å². The fourth-order valence-corrected chi connectivity index (χ4v) is 7.04. The number of benzene rings is 2. The Morgan fingerprint density at radius 3 is 1.55 bits per heavy atom. The van der Waals surface area contributed by atoms with E-state index in [9.17, 15) is 18.4 Å². The smallest absolute Gasteiger partial charge is 0.349 e. The van der Waals surface area contributed by atoms with Crippen molar-refractivity contribution in [1.82, 2.24) is 10.1 Å². The summed E-state index contributed by atoms with van der Waals surface area (Å²) in [5.41, 5.74) is 2.24. The molecular weight excluding hydrogens is 570 g/mol. The number of carbonyl (C=O) groups excluding carboxylic acids is 2. The summed E-state index contributed by atoms with van der Waals surface area (Å²) in [4.78, 5) is 36.3. The van der Waals surface area contributed by atoms with Crippen LogP contribution in [0, 0.1) is 22.5 Å². The summed E-state index contributed by atoms with van der Waals surface area (Å²) in [7, 11) is 0. The van der Waals surface area contributed by atoms with Gasteiger partial charge in [-0.1, -0.05) is 27.7 Å². The number of rotatable bonds is 6. The van der Waals surface area contributed by atoms with Gasteiger partial charge in [-0.15, -0.1) is 10.1 Å². The summed E-state index contributed by atoms with van der Waals surface area (Å²) < 4.78 is 40.0. The molecule has 0 bridgehead atoms. The number of hydroxylamine groups is 4. The van der Waals surface area contributed by atoms with Crippen LogP contribution in [-0.4, -0.2) is 48.2 Å². The average Bonchev–Trinajstić information content (AvgIpc) is 3.60. The Labute approximate surface area is 254 Å². The maximum absolute atomic E-state index is 14.3. The zero-order valence-corrected chi connectivity index (χ0v) is 25.3. The summed E-state index contributed by atoms with van der Waals surface area (Å²) in [6, 6.07) is 9.46. The third-order valence-corrected chi connectivity index (χ3v) is 9.02. The number of furan rings is 2. The van der Waals surface area contributed by atoms with E-state index in [0.29, 0.717) is 50.2 Å². The van der Waals surface area contributed by atoms with E-state index < -0.39 is 11.9 Å².